The number of hydrazone groups is 1. The summed E-state index contributed by atoms with van der Waals surface area (Å²) in [6.07, 6.45) is 1.98. The third kappa shape index (κ3) is 7.03. The summed E-state index contributed by atoms with van der Waals surface area (Å²) in [5.41, 5.74) is 3.49. The fraction of sp³-hybridized carbons (Fsp3) is 0.211. The van der Waals surface area contributed by atoms with Crippen LogP contribution in [0.4, 0.5) is 5.69 Å². The van der Waals surface area contributed by atoms with E-state index in [1.165, 1.54) is 6.21 Å². The lowest BCUT2D eigenvalue weighted by molar-refractivity contribution is -0.126. The molecular formula is C19H19BrClN3O3. The third-order valence-electron chi connectivity index (χ3n) is 3.30. The van der Waals surface area contributed by atoms with Gasteiger partial charge in [-0.15, -0.1) is 0 Å². The molecule has 2 rings (SSSR count). The molecule has 2 amide bonds. The number of amides is 2. The van der Waals surface area contributed by atoms with E-state index in [9.17, 15) is 9.59 Å². The summed E-state index contributed by atoms with van der Waals surface area (Å²) in [7, 11) is 0. The molecule has 0 saturated carbocycles. The largest absolute Gasteiger partial charge is 0.493 e. The molecule has 0 bridgehead atoms. The van der Waals surface area contributed by atoms with E-state index in [0.717, 1.165) is 10.9 Å². The zero-order valence-corrected chi connectivity index (χ0v) is 17.0. The summed E-state index contributed by atoms with van der Waals surface area (Å²) in [6, 6.07) is 12.3. The second-order valence-electron chi connectivity index (χ2n) is 5.53. The van der Waals surface area contributed by atoms with Crippen LogP contribution in [0.1, 0.15) is 25.3 Å². The van der Waals surface area contributed by atoms with Crippen LogP contribution in [0.3, 0.4) is 0 Å². The van der Waals surface area contributed by atoms with E-state index in [0.29, 0.717) is 28.6 Å². The Bertz CT molecular complexity index is 843. The molecule has 0 fully saturated rings. The maximum absolute atomic E-state index is 11.9. The summed E-state index contributed by atoms with van der Waals surface area (Å²) in [5, 5.41) is 6.88. The molecule has 6 nitrogen and oxygen atoms in total. The number of ether oxygens (including phenoxy) is 1. The first kappa shape index (κ1) is 20.9. The molecule has 0 spiro atoms. The van der Waals surface area contributed by atoms with Crippen LogP contribution in [0.15, 0.2) is 52.0 Å². The molecule has 142 valence electrons. The van der Waals surface area contributed by atoms with E-state index < -0.39 is 11.8 Å². The molecule has 8 heteroatoms. The van der Waals surface area contributed by atoms with Gasteiger partial charge in [-0.3, -0.25) is 9.59 Å². The predicted molar refractivity (Wildman–Crippen MR) is 110 cm³/mol. The number of benzene rings is 2. The van der Waals surface area contributed by atoms with Crippen molar-refractivity contribution in [3.63, 3.8) is 0 Å². The molecule has 0 atom stereocenters. The highest BCUT2D eigenvalue weighted by atomic mass is 79.9. The standard InChI is InChI=1S/C19H19BrClN3O3/c1-2-9-27-17-8-7-14(20)10-13(17)12-22-24-19(26)11-18(25)23-16-6-4-3-5-15(16)21/h3-8,10,12H,2,9,11H2,1H3,(H,23,25)(H,24,26). The van der Waals surface area contributed by atoms with Crippen molar-refractivity contribution in [2.75, 3.05) is 11.9 Å². The van der Waals surface area contributed by atoms with Crippen LogP contribution in [-0.2, 0) is 9.59 Å². The number of hydrogen-bond acceptors (Lipinski definition) is 4. The van der Waals surface area contributed by atoms with E-state index in [4.69, 9.17) is 16.3 Å². The van der Waals surface area contributed by atoms with Gasteiger partial charge in [0.15, 0.2) is 0 Å². The number of hydrogen-bond donors (Lipinski definition) is 2. The van der Waals surface area contributed by atoms with Crippen molar-refractivity contribution in [3.05, 3.63) is 57.5 Å². The second-order valence-corrected chi connectivity index (χ2v) is 6.85. The van der Waals surface area contributed by atoms with E-state index in [1.807, 2.05) is 25.1 Å². The van der Waals surface area contributed by atoms with Gasteiger partial charge in [0.1, 0.15) is 12.2 Å². The van der Waals surface area contributed by atoms with Crippen molar-refractivity contribution >= 4 is 51.2 Å². The van der Waals surface area contributed by atoms with Crippen molar-refractivity contribution in [1.82, 2.24) is 5.43 Å². The second kappa shape index (κ2) is 10.7. The molecule has 27 heavy (non-hydrogen) atoms. The quantitative estimate of drug-likeness (QED) is 0.354. The molecule has 0 saturated heterocycles. The van der Waals surface area contributed by atoms with Crippen LogP contribution >= 0.6 is 27.5 Å². The van der Waals surface area contributed by atoms with Crippen LogP contribution < -0.4 is 15.5 Å². The van der Waals surface area contributed by atoms with E-state index in [-0.39, 0.29) is 6.42 Å². The predicted octanol–water partition coefficient (Wildman–Crippen LogP) is 4.37. The van der Waals surface area contributed by atoms with Gasteiger partial charge >= 0.3 is 0 Å². The Kier molecular flexibility index (Phi) is 8.29. The van der Waals surface area contributed by atoms with E-state index >= 15 is 0 Å². The molecule has 2 aromatic carbocycles. The van der Waals surface area contributed by atoms with Gasteiger partial charge in [-0.1, -0.05) is 46.6 Å². The van der Waals surface area contributed by atoms with Crippen LogP contribution in [0.25, 0.3) is 0 Å². The molecule has 0 aliphatic carbocycles. The third-order valence-corrected chi connectivity index (χ3v) is 4.12. The first-order valence-electron chi connectivity index (χ1n) is 8.28. The Hall–Kier alpha value is -2.38. The molecule has 0 unspecified atom stereocenters. The Morgan fingerprint density at radius 1 is 1.22 bits per heavy atom. The molecule has 0 radical (unpaired) electrons. The number of halogens is 2. The van der Waals surface area contributed by atoms with Gasteiger partial charge in [-0.05, 0) is 36.8 Å². The fourth-order valence-electron chi connectivity index (χ4n) is 2.08. The van der Waals surface area contributed by atoms with Crippen molar-refractivity contribution in [2.24, 2.45) is 5.10 Å². The Balaban J connectivity index is 1.90. The van der Waals surface area contributed by atoms with Crippen molar-refractivity contribution in [1.29, 1.82) is 0 Å². The summed E-state index contributed by atoms with van der Waals surface area (Å²) in [5.74, 6) is -0.360. The lowest BCUT2D eigenvalue weighted by Crippen LogP contribution is -2.24. The number of anilines is 1. The van der Waals surface area contributed by atoms with Crippen LogP contribution in [0.5, 0.6) is 5.75 Å². The number of nitrogens with zero attached hydrogens (tertiary/aromatic N) is 1. The Morgan fingerprint density at radius 2 is 2.00 bits per heavy atom. The minimum absolute atomic E-state index is 0.375. The first-order valence-corrected chi connectivity index (χ1v) is 9.45. The number of para-hydroxylation sites is 1. The van der Waals surface area contributed by atoms with Gasteiger partial charge in [0.2, 0.25) is 11.8 Å². The Morgan fingerprint density at radius 3 is 2.74 bits per heavy atom. The highest BCUT2D eigenvalue weighted by Gasteiger charge is 2.10. The number of carbonyl (C=O) groups is 2. The lowest BCUT2D eigenvalue weighted by atomic mass is 10.2. The molecule has 2 aromatic rings. The van der Waals surface area contributed by atoms with Gasteiger partial charge < -0.3 is 10.1 Å². The highest BCUT2D eigenvalue weighted by Crippen LogP contribution is 2.22. The number of rotatable bonds is 8. The van der Waals surface area contributed by atoms with Crippen LogP contribution in [0, 0.1) is 0 Å². The highest BCUT2D eigenvalue weighted by molar-refractivity contribution is 9.10. The SMILES string of the molecule is CCCOc1ccc(Br)cc1C=NNC(=O)CC(=O)Nc1ccccc1Cl. The van der Waals surface area contributed by atoms with Crippen molar-refractivity contribution in [3.8, 4) is 5.75 Å². The minimum atomic E-state index is -0.540. The summed E-state index contributed by atoms with van der Waals surface area (Å²) in [4.78, 5) is 23.8. The minimum Gasteiger partial charge on any atom is -0.493 e. The zero-order chi connectivity index (χ0) is 19.6. The molecule has 0 aliphatic rings. The Labute approximate surface area is 171 Å². The normalized spacial score (nSPS) is 10.6. The maximum atomic E-state index is 11.9. The maximum Gasteiger partial charge on any atom is 0.249 e. The molecule has 0 heterocycles. The van der Waals surface area contributed by atoms with Gasteiger partial charge in [-0.2, -0.15) is 5.10 Å². The van der Waals surface area contributed by atoms with E-state index in [1.54, 1.807) is 24.3 Å². The van der Waals surface area contributed by atoms with E-state index in [2.05, 4.69) is 31.8 Å². The fourth-order valence-corrected chi connectivity index (χ4v) is 2.64. The molecule has 0 aromatic heterocycles. The van der Waals surface area contributed by atoms with Crippen LogP contribution in [0.2, 0.25) is 5.02 Å². The zero-order valence-electron chi connectivity index (χ0n) is 14.7. The molecule has 2 N–H and O–H groups in total. The molecular weight excluding hydrogens is 434 g/mol. The number of carbonyl (C=O) groups excluding carboxylic acids is 2. The molecule has 0 aliphatic heterocycles. The topological polar surface area (TPSA) is 79.8 Å². The van der Waals surface area contributed by atoms with Crippen LogP contribution in [-0.4, -0.2) is 24.6 Å². The van der Waals surface area contributed by atoms with Crippen molar-refractivity contribution < 1.29 is 14.3 Å². The first-order chi connectivity index (χ1) is 13.0. The number of nitrogens with one attached hydrogen (secondary N) is 2. The van der Waals surface area contributed by atoms with Gasteiger partial charge in [0, 0.05) is 10.0 Å². The van der Waals surface area contributed by atoms with Gasteiger partial charge in [0.25, 0.3) is 0 Å². The monoisotopic (exact) mass is 451 g/mol. The summed E-state index contributed by atoms with van der Waals surface area (Å²) in [6.45, 7) is 2.59. The average Bonchev–Trinajstić information content (AvgIpc) is 2.63. The average molecular weight is 453 g/mol. The van der Waals surface area contributed by atoms with Gasteiger partial charge in [0.05, 0.1) is 23.5 Å². The summed E-state index contributed by atoms with van der Waals surface area (Å²) >= 11 is 9.35. The van der Waals surface area contributed by atoms with Gasteiger partial charge in [-0.25, -0.2) is 5.43 Å². The van der Waals surface area contributed by atoms with Crippen molar-refractivity contribution in [2.45, 2.75) is 19.8 Å². The lowest BCUT2D eigenvalue weighted by Gasteiger charge is -2.08. The smallest absolute Gasteiger partial charge is 0.249 e. The summed E-state index contributed by atoms with van der Waals surface area (Å²) < 4.78 is 6.50.